The van der Waals surface area contributed by atoms with Crippen molar-refractivity contribution in [3.05, 3.63) is 23.3 Å². The van der Waals surface area contributed by atoms with E-state index in [2.05, 4.69) is 0 Å². The molecule has 5 heteroatoms. The first kappa shape index (κ1) is 13.3. The summed E-state index contributed by atoms with van der Waals surface area (Å²) in [6, 6.07) is 3.00. The topological polar surface area (TPSA) is 65.0 Å². The van der Waals surface area contributed by atoms with E-state index in [1.54, 1.807) is 19.9 Å². The molecule has 0 saturated heterocycles. The van der Waals surface area contributed by atoms with Gasteiger partial charge < -0.3 is 19.3 Å². The van der Waals surface area contributed by atoms with Crippen molar-refractivity contribution < 1.29 is 24.1 Å². The fraction of sp³-hybridized carbons (Fsp3) is 0.417. The molecule has 0 atom stereocenters. The second kappa shape index (κ2) is 6.10. The van der Waals surface area contributed by atoms with Gasteiger partial charge in [0.1, 0.15) is 17.1 Å². The fourth-order valence-corrected chi connectivity index (χ4v) is 1.42. The van der Waals surface area contributed by atoms with Gasteiger partial charge in [-0.1, -0.05) is 0 Å². The van der Waals surface area contributed by atoms with E-state index >= 15 is 0 Å². The van der Waals surface area contributed by atoms with Gasteiger partial charge in [-0.05, 0) is 25.5 Å². The summed E-state index contributed by atoms with van der Waals surface area (Å²) < 4.78 is 14.8. The maximum absolute atomic E-state index is 11.6. The zero-order valence-corrected chi connectivity index (χ0v) is 10.1. The lowest BCUT2D eigenvalue weighted by molar-refractivity contribution is 0.0504. The molecule has 94 valence electrons. The molecule has 0 saturated carbocycles. The number of aryl methyl sites for hydroxylation is 1. The first-order valence-electron chi connectivity index (χ1n) is 5.22. The maximum Gasteiger partial charge on any atom is 0.342 e. The molecule has 0 spiro atoms. The Bertz CT molecular complexity index is 377. The zero-order valence-electron chi connectivity index (χ0n) is 10.1. The third kappa shape index (κ3) is 3.35. The van der Waals surface area contributed by atoms with Crippen LogP contribution in [0.1, 0.15) is 22.8 Å². The predicted molar refractivity (Wildman–Crippen MR) is 61.3 cm³/mol. The van der Waals surface area contributed by atoms with Crippen molar-refractivity contribution >= 4 is 5.97 Å². The Balaban J connectivity index is 2.97. The Labute approximate surface area is 99.9 Å². The summed E-state index contributed by atoms with van der Waals surface area (Å²) in [6.07, 6.45) is 0. The molecule has 0 heterocycles. The van der Waals surface area contributed by atoms with Gasteiger partial charge in [0.25, 0.3) is 0 Å². The highest BCUT2D eigenvalue weighted by Crippen LogP contribution is 2.28. The number of ether oxygens (including phenoxy) is 3. The number of rotatable bonds is 5. The van der Waals surface area contributed by atoms with Gasteiger partial charge in [0.05, 0.1) is 6.61 Å². The van der Waals surface area contributed by atoms with E-state index < -0.39 is 5.97 Å². The van der Waals surface area contributed by atoms with Gasteiger partial charge in [-0.3, -0.25) is 0 Å². The quantitative estimate of drug-likeness (QED) is 0.628. The minimum atomic E-state index is -0.541. The molecule has 17 heavy (non-hydrogen) atoms. The molecule has 1 aromatic rings. The monoisotopic (exact) mass is 240 g/mol. The molecule has 0 amide bonds. The summed E-state index contributed by atoms with van der Waals surface area (Å²) in [7, 11) is 1.50. The van der Waals surface area contributed by atoms with Gasteiger partial charge in [-0.25, -0.2) is 4.79 Å². The van der Waals surface area contributed by atoms with Crippen molar-refractivity contribution in [1.82, 2.24) is 0 Å². The van der Waals surface area contributed by atoms with Crippen molar-refractivity contribution in [1.29, 1.82) is 0 Å². The number of phenols is 1. The van der Waals surface area contributed by atoms with Crippen molar-refractivity contribution in [2.75, 3.05) is 20.5 Å². The molecule has 5 nitrogen and oxygen atoms in total. The molecule has 0 aliphatic heterocycles. The van der Waals surface area contributed by atoms with E-state index in [1.807, 2.05) is 0 Å². The van der Waals surface area contributed by atoms with Gasteiger partial charge >= 0.3 is 5.97 Å². The van der Waals surface area contributed by atoms with Crippen LogP contribution in [0.2, 0.25) is 0 Å². The van der Waals surface area contributed by atoms with Crippen LogP contribution in [0.15, 0.2) is 12.1 Å². The molecular weight excluding hydrogens is 224 g/mol. The van der Waals surface area contributed by atoms with Gasteiger partial charge in [0.15, 0.2) is 6.79 Å². The minimum Gasteiger partial charge on any atom is -0.507 e. The smallest absolute Gasteiger partial charge is 0.342 e. The average Bonchev–Trinajstić information content (AvgIpc) is 2.25. The lowest BCUT2D eigenvalue weighted by atomic mass is 10.1. The molecule has 1 rings (SSSR count). The highest BCUT2D eigenvalue weighted by atomic mass is 16.7. The molecule has 0 aromatic heterocycles. The highest BCUT2D eigenvalue weighted by molar-refractivity contribution is 5.94. The zero-order chi connectivity index (χ0) is 12.8. The molecule has 1 N–H and O–H groups in total. The second-order valence-corrected chi connectivity index (χ2v) is 3.41. The number of phenolic OH excluding ortho intramolecular Hbond substituents is 1. The standard InChI is InChI=1S/C12H16O5/c1-4-16-12(14)11-8(2)5-9(6-10(11)13)17-7-15-3/h5-6,13H,4,7H2,1-3H3. The van der Waals surface area contributed by atoms with Crippen LogP contribution >= 0.6 is 0 Å². The van der Waals surface area contributed by atoms with Crippen molar-refractivity contribution in [3.63, 3.8) is 0 Å². The summed E-state index contributed by atoms with van der Waals surface area (Å²) in [5.74, 6) is -0.259. The summed E-state index contributed by atoms with van der Waals surface area (Å²) in [5, 5.41) is 9.75. The van der Waals surface area contributed by atoms with Crippen LogP contribution in [-0.2, 0) is 9.47 Å². The van der Waals surface area contributed by atoms with E-state index in [4.69, 9.17) is 14.2 Å². The van der Waals surface area contributed by atoms with E-state index in [-0.39, 0.29) is 24.7 Å². The Morgan fingerprint density at radius 3 is 2.65 bits per heavy atom. The van der Waals surface area contributed by atoms with Crippen LogP contribution < -0.4 is 4.74 Å². The SMILES string of the molecule is CCOC(=O)c1c(C)cc(OCOC)cc1O. The predicted octanol–water partition coefficient (Wildman–Crippen LogP) is 1.86. The molecule has 0 radical (unpaired) electrons. The van der Waals surface area contributed by atoms with E-state index in [0.717, 1.165) is 0 Å². The number of hydrogen-bond donors (Lipinski definition) is 1. The molecule has 1 aromatic carbocycles. The maximum atomic E-state index is 11.6. The third-order valence-electron chi connectivity index (χ3n) is 2.11. The number of methoxy groups -OCH3 is 1. The lowest BCUT2D eigenvalue weighted by Crippen LogP contribution is -2.08. The molecule has 0 fully saturated rings. The summed E-state index contributed by atoms with van der Waals surface area (Å²) in [6.45, 7) is 3.75. The van der Waals surface area contributed by atoms with Crippen molar-refractivity contribution in [2.45, 2.75) is 13.8 Å². The van der Waals surface area contributed by atoms with Crippen LogP contribution in [0.5, 0.6) is 11.5 Å². The van der Waals surface area contributed by atoms with E-state index in [9.17, 15) is 9.90 Å². The molecule has 0 aliphatic rings. The van der Waals surface area contributed by atoms with Gasteiger partial charge in [-0.15, -0.1) is 0 Å². The average molecular weight is 240 g/mol. The van der Waals surface area contributed by atoms with Crippen molar-refractivity contribution in [3.8, 4) is 11.5 Å². The number of esters is 1. The third-order valence-corrected chi connectivity index (χ3v) is 2.11. The van der Waals surface area contributed by atoms with Gasteiger partial charge in [0.2, 0.25) is 0 Å². The largest absolute Gasteiger partial charge is 0.507 e. The molecule has 0 unspecified atom stereocenters. The number of hydrogen-bond acceptors (Lipinski definition) is 5. The lowest BCUT2D eigenvalue weighted by Gasteiger charge is -2.11. The number of carbonyl (C=O) groups is 1. The number of carbonyl (C=O) groups excluding carboxylic acids is 1. The van der Waals surface area contributed by atoms with Crippen LogP contribution in [-0.4, -0.2) is 31.6 Å². The summed E-state index contributed by atoms with van der Waals surface area (Å²) >= 11 is 0. The summed E-state index contributed by atoms with van der Waals surface area (Å²) in [4.78, 5) is 11.6. The normalized spacial score (nSPS) is 10.1. The van der Waals surface area contributed by atoms with E-state index in [1.165, 1.54) is 13.2 Å². The first-order chi connectivity index (χ1) is 8.10. The highest BCUT2D eigenvalue weighted by Gasteiger charge is 2.16. The molecule has 0 aliphatic carbocycles. The van der Waals surface area contributed by atoms with Crippen LogP contribution in [0.4, 0.5) is 0 Å². The first-order valence-corrected chi connectivity index (χ1v) is 5.22. The molecule has 0 bridgehead atoms. The summed E-state index contributed by atoms with van der Waals surface area (Å²) in [5.41, 5.74) is 0.756. The minimum absolute atomic E-state index is 0.0810. The second-order valence-electron chi connectivity index (χ2n) is 3.41. The van der Waals surface area contributed by atoms with E-state index in [0.29, 0.717) is 11.3 Å². The Hall–Kier alpha value is -1.75. The van der Waals surface area contributed by atoms with Gasteiger partial charge in [0, 0.05) is 13.2 Å². The van der Waals surface area contributed by atoms with Crippen molar-refractivity contribution in [2.24, 2.45) is 0 Å². The fourth-order valence-electron chi connectivity index (χ4n) is 1.42. The van der Waals surface area contributed by atoms with Crippen LogP contribution in [0, 0.1) is 6.92 Å². The molecular formula is C12H16O5. The number of benzene rings is 1. The van der Waals surface area contributed by atoms with Crippen LogP contribution in [0.25, 0.3) is 0 Å². The Morgan fingerprint density at radius 1 is 1.41 bits per heavy atom. The Kier molecular flexibility index (Phi) is 4.78. The van der Waals surface area contributed by atoms with Crippen LogP contribution in [0.3, 0.4) is 0 Å². The number of aromatic hydroxyl groups is 1. The Morgan fingerprint density at radius 2 is 2.12 bits per heavy atom. The van der Waals surface area contributed by atoms with Gasteiger partial charge in [-0.2, -0.15) is 0 Å².